The fourth-order valence-electron chi connectivity index (χ4n) is 1.77. The van der Waals surface area contributed by atoms with E-state index in [0.29, 0.717) is 5.56 Å². The molecule has 0 aliphatic carbocycles. The Morgan fingerprint density at radius 2 is 1.79 bits per heavy atom. The molecule has 0 aliphatic heterocycles. The molecule has 0 spiro atoms. The summed E-state index contributed by atoms with van der Waals surface area (Å²) < 4.78 is 0. The van der Waals surface area contributed by atoms with Gasteiger partial charge in [0.05, 0.1) is 5.57 Å². The summed E-state index contributed by atoms with van der Waals surface area (Å²) >= 11 is 0. The third kappa shape index (κ3) is 3.22. The van der Waals surface area contributed by atoms with Crippen LogP contribution in [-0.4, -0.2) is 16.2 Å². The van der Waals surface area contributed by atoms with Gasteiger partial charge in [-0.05, 0) is 36.3 Å². The Hall–Kier alpha value is -2.55. The van der Waals surface area contributed by atoms with Crippen LogP contribution < -0.4 is 0 Å². The highest BCUT2D eigenvalue weighted by Gasteiger charge is 2.10. The quantitative estimate of drug-likeness (QED) is 0.652. The number of aliphatic carboxylic acids is 1. The van der Waals surface area contributed by atoms with E-state index in [0.717, 1.165) is 11.1 Å². The second-order valence-corrected chi connectivity index (χ2v) is 4.32. The van der Waals surface area contributed by atoms with Gasteiger partial charge in [0.2, 0.25) is 0 Å². The van der Waals surface area contributed by atoms with Crippen molar-refractivity contribution in [3.8, 4) is 5.75 Å². The number of rotatable bonds is 3. The maximum absolute atomic E-state index is 11.3. The summed E-state index contributed by atoms with van der Waals surface area (Å²) in [5, 5.41) is 18.7. The number of carboxylic acids is 1. The zero-order valence-corrected chi connectivity index (χ0v) is 10.5. The molecule has 0 unspecified atom stereocenters. The zero-order chi connectivity index (χ0) is 13.8. The van der Waals surface area contributed by atoms with E-state index in [9.17, 15) is 15.0 Å². The molecular weight excluding hydrogens is 240 g/mol. The zero-order valence-electron chi connectivity index (χ0n) is 10.5. The molecule has 0 fully saturated rings. The van der Waals surface area contributed by atoms with E-state index in [1.54, 1.807) is 18.2 Å². The van der Waals surface area contributed by atoms with Crippen LogP contribution in [0.1, 0.15) is 16.7 Å². The summed E-state index contributed by atoms with van der Waals surface area (Å²) in [6.45, 7) is 1.97. The topological polar surface area (TPSA) is 57.5 Å². The second kappa shape index (κ2) is 5.40. The number of carbonyl (C=O) groups is 1. The van der Waals surface area contributed by atoms with E-state index >= 15 is 0 Å². The minimum absolute atomic E-state index is 0.0496. The standard InChI is InChI=1S/C16H14O3/c1-11-5-7-12(8-6-11)9-15(16(18)19)13-3-2-4-14(17)10-13/h2-10,17H,1H3,(H,18,19)/b15-9-. The maximum Gasteiger partial charge on any atom is 0.336 e. The minimum Gasteiger partial charge on any atom is -0.508 e. The molecule has 0 aromatic heterocycles. The van der Waals surface area contributed by atoms with Crippen LogP contribution in [-0.2, 0) is 4.79 Å². The SMILES string of the molecule is Cc1ccc(/C=C(\C(=O)O)c2cccc(O)c2)cc1. The van der Waals surface area contributed by atoms with E-state index < -0.39 is 5.97 Å². The summed E-state index contributed by atoms with van der Waals surface area (Å²) in [6.07, 6.45) is 1.59. The lowest BCUT2D eigenvalue weighted by atomic mass is 10.0. The molecule has 2 aromatic carbocycles. The molecule has 3 nitrogen and oxygen atoms in total. The largest absolute Gasteiger partial charge is 0.508 e. The number of benzene rings is 2. The number of hydrogen-bond acceptors (Lipinski definition) is 2. The average molecular weight is 254 g/mol. The highest BCUT2D eigenvalue weighted by Crippen LogP contribution is 2.22. The first-order valence-electron chi connectivity index (χ1n) is 5.87. The van der Waals surface area contributed by atoms with Crippen LogP contribution >= 0.6 is 0 Å². The van der Waals surface area contributed by atoms with Crippen molar-refractivity contribution in [2.75, 3.05) is 0 Å². The van der Waals surface area contributed by atoms with Crippen LogP contribution in [0.5, 0.6) is 5.75 Å². The van der Waals surface area contributed by atoms with Crippen LogP contribution in [0.25, 0.3) is 11.6 Å². The highest BCUT2D eigenvalue weighted by molar-refractivity contribution is 6.20. The second-order valence-electron chi connectivity index (χ2n) is 4.32. The first kappa shape index (κ1) is 12.9. The van der Waals surface area contributed by atoms with Gasteiger partial charge in [0.25, 0.3) is 0 Å². The molecule has 96 valence electrons. The first-order valence-corrected chi connectivity index (χ1v) is 5.87. The number of phenolic OH excluding ortho intramolecular Hbond substituents is 1. The lowest BCUT2D eigenvalue weighted by Gasteiger charge is -2.04. The Labute approximate surface area is 111 Å². The van der Waals surface area contributed by atoms with E-state index in [1.807, 2.05) is 31.2 Å². The normalized spacial score (nSPS) is 11.3. The van der Waals surface area contributed by atoms with E-state index in [2.05, 4.69) is 0 Å². The van der Waals surface area contributed by atoms with Gasteiger partial charge in [-0.25, -0.2) is 4.79 Å². The Kier molecular flexibility index (Phi) is 3.66. The third-order valence-electron chi connectivity index (χ3n) is 2.78. The van der Waals surface area contributed by atoms with Crippen molar-refractivity contribution < 1.29 is 15.0 Å². The minimum atomic E-state index is -1.02. The van der Waals surface area contributed by atoms with Gasteiger partial charge in [0, 0.05) is 0 Å². The molecule has 2 rings (SSSR count). The van der Waals surface area contributed by atoms with Gasteiger partial charge >= 0.3 is 5.97 Å². The molecule has 0 saturated carbocycles. The van der Waals surface area contributed by atoms with Crippen LogP contribution in [0.4, 0.5) is 0 Å². The average Bonchev–Trinajstić information content (AvgIpc) is 2.37. The lowest BCUT2D eigenvalue weighted by molar-refractivity contribution is -0.130. The number of aryl methyl sites for hydroxylation is 1. The van der Waals surface area contributed by atoms with Gasteiger partial charge in [-0.3, -0.25) is 0 Å². The van der Waals surface area contributed by atoms with Gasteiger partial charge in [-0.2, -0.15) is 0 Å². The smallest absolute Gasteiger partial charge is 0.336 e. The van der Waals surface area contributed by atoms with Crippen molar-refractivity contribution in [3.05, 3.63) is 65.2 Å². The molecule has 2 aromatic rings. The molecule has 0 radical (unpaired) electrons. The van der Waals surface area contributed by atoms with Crippen molar-refractivity contribution in [1.82, 2.24) is 0 Å². The number of hydrogen-bond donors (Lipinski definition) is 2. The monoisotopic (exact) mass is 254 g/mol. The Bertz CT molecular complexity index is 625. The summed E-state index contributed by atoms with van der Waals surface area (Å²) in [5.41, 5.74) is 2.56. The number of phenols is 1. The molecule has 2 N–H and O–H groups in total. The molecule has 0 heterocycles. The number of carboxylic acid groups (broad SMARTS) is 1. The van der Waals surface area contributed by atoms with Crippen molar-refractivity contribution in [2.45, 2.75) is 6.92 Å². The van der Waals surface area contributed by atoms with E-state index in [4.69, 9.17) is 0 Å². The molecule has 0 bridgehead atoms. The maximum atomic E-state index is 11.3. The molecule has 0 amide bonds. The van der Waals surface area contributed by atoms with Crippen molar-refractivity contribution in [2.24, 2.45) is 0 Å². The predicted molar refractivity (Wildman–Crippen MR) is 74.8 cm³/mol. The lowest BCUT2D eigenvalue weighted by Crippen LogP contribution is -1.99. The molecular formula is C16H14O3. The summed E-state index contributed by atoms with van der Waals surface area (Å²) in [6, 6.07) is 13.8. The van der Waals surface area contributed by atoms with Gasteiger partial charge in [-0.15, -0.1) is 0 Å². The molecule has 0 aliphatic rings. The highest BCUT2D eigenvalue weighted by atomic mass is 16.4. The van der Waals surface area contributed by atoms with Crippen LogP contribution in [0.3, 0.4) is 0 Å². The summed E-state index contributed by atoms with van der Waals surface area (Å²) in [5.74, 6) is -0.972. The van der Waals surface area contributed by atoms with E-state index in [1.165, 1.54) is 12.1 Å². The van der Waals surface area contributed by atoms with Gasteiger partial charge in [0.1, 0.15) is 5.75 Å². The van der Waals surface area contributed by atoms with Gasteiger partial charge < -0.3 is 10.2 Å². The van der Waals surface area contributed by atoms with Crippen molar-refractivity contribution >= 4 is 17.6 Å². The Balaban J connectivity index is 2.46. The Morgan fingerprint density at radius 3 is 2.37 bits per heavy atom. The number of aromatic hydroxyl groups is 1. The molecule has 3 heteroatoms. The summed E-state index contributed by atoms with van der Waals surface area (Å²) in [4.78, 5) is 11.3. The van der Waals surface area contributed by atoms with Gasteiger partial charge in [-0.1, -0.05) is 42.0 Å². The Morgan fingerprint density at radius 1 is 1.11 bits per heavy atom. The molecule has 19 heavy (non-hydrogen) atoms. The van der Waals surface area contributed by atoms with Crippen LogP contribution in [0, 0.1) is 6.92 Å². The molecule has 0 saturated heterocycles. The van der Waals surface area contributed by atoms with Crippen LogP contribution in [0.15, 0.2) is 48.5 Å². The summed E-state index contributed by atoms with van der Waals surface area (Å²) in [7, 11) is 0. The fraction of sp³-hybridized carbons (Fsp3) is 0.0625. The van der Waals surface area contributed by atoms with Crippen LogP contribution in [0.2, 0.25) is 0 Å². The van der Waals surface area contributed by atoms with Crippen molar-refractivity contribution in [1.29, 1.82) is 0 Å². The third-order valence-corrected chi connectivity index (χ3v) is 2.78. The van der Waals surface area contributed by atoms with Gasteiger partial charge in [0.15, 0.2) is 0 Å². The first-order chi connectivity index (χ1) is 9.06. The predicted octanol–water partition coefficient (Wildman–Crippen LogP) is 3.33. The fourth-order valence-corrected chi connectivity index (χ4v) is 1.77. The van der Waals surface area contributed by atoms with Crippen molar-refractivity contribution in [3.63, 3.8) is 0 Å². The molecule has 0 atom stereocenters. The van der Waals surface area contributed by atoms with E-state index in [-0.39, 0.29) is 11.3 Å².